The highest BCUT2D eigenvalue weighted by molar-refractivity contribution is 5.31. The summed E-state index contributed by atoms with van der Waals surface area (Å²) >= 11 is 0. The zero-order valence-electron chi connectivity index (χ0n) is 9.01. The molecule has 0 unspecified atom stereocenters. The Bertz CT molecular complexity index is 314. The normalized spacial score (nSPS) is 19.1. The van der Waals surface area contributed by atoms with Gasteiger partial charge in [0, 0.05) is 23.3 Å². The van der Waals surface area contributed by atoms with Crippen molar-refractivity contribution in [2.24, 2.45) is 5.73 Å². The monoisotopic (exact) mass is 190 g/mol. The van der Waals surface area contributed by atoms with Gasteiger partial charge in [-0.2, -0.15) is 0 Å². The number of hydrogen-bond acceptors (Lipinski definition) is 2. The Morgan fingerprint density at radius 2 is 1.86 bits per heavy atom. The molecular formula is C12H18N2. The molecule has 76 valence electrons. The van der Waals surface area contributed by atoms with E-state index >= 15 is 0 Å². The summed E-state index contributed by atoms with van der Waals surface area (Å²) in [5.74, 6) is 0. The molecule has 1 aliphatic rings. The van der Waals surface area contributed by atoms with Gasteiger partial charge in [0.25, 0.3) is 0 Å². The van der Waals surface area contributed by atoms with Crippen molar-refractivity contribution in [3.8, 4) is 0 Å². The SMILES string of the molecule is Cc1cc(C2(CN)CCC2)cc(C)n1. The van der Waals surface area contributed by atoms with Crippen molar-refractivity contribution in [3.63, 3.8) is 0 Å². The topological polar surface area (TPSA) is 38.9 Å². The lowest BCUT2D eigenvalue weighted by Gasteiger charge is -2.41. The van der Waals surface area contributed by atoms with E-state index in [4.69, 9.17) is 5.73 Å². The zero-order chi connectivity index (χ0) is 10.2. The lowest BCUT2D eigenvalue weighted by atomic mass is 9.64. The molecule has 1 saturated carbocycles. The first-order valence-electron chi connectivity index (χ1n) is 5.32. The maximum absolute atomic E-state index is 5.88. The summed E-state index contributed by atoms with van der Waals surface area (Å²) in [7, 11) is 0. The molecule has 2 heteroatoms. The summed E-state index contributed by atoms with van der Waals surface area (Å²) < 4.78 is 0. The fourth-order valence-electron chi connectivity index (χ4n) is 2.35. The van der Waals surface area contributed by atoms with Gasteiger partial charge in [-0.05, 0) is 44.4 Å². The molecule has 2 N–H and O–H groups in total. The second-order valence-electron chi connectivity index (χ2n) is 4.48. The van der Waals surface area contributed by atoms with Crippen molar-refractivity contribution in [1.29, 1.82) is 0 Å². The third kappa shape index (κ3) is 1.44. The van der Waals surface area contributed by atoms with Crippen molar-refractivity contribution in [1.82, 2.24) is 4.98 Å². The van der Waals surface area contributed by atoms with Gasteiger partial charge in [0.1, 0.15) is 0 Å². The van der Waals surface area contributed by atoms with Crippen LogP contribution in [-0.4, -0.2) is 11.5 Å². The molecule has 1 heterocycles. The van der Waals surface area contributed by atoms with Gasteiger partial charge in [-0.15, -0.1) is 0 Å². The van der Waals surface area contributed by atoms with Gasteiger partial charge in [-0.3, -0.25) is 4.98 Å². The van der Waals surface area contributed by atoms with Crippen molar-refractivity contribution in [2.45, 2.75) is 38.5 Å². The van der Waals surface area contributed by atoms with Crippen LogP contribution >= 0.6 is 0 Å². The van der Waals surface area contributed by atoms with Crippen molar-refractivity contribution in [3.05, 3.63) is 29.1 Å². The molecule has 0 bridgehead atoms. The molecule has 1 aliphatic carbocycles. The zero-order valence-corrected chi connectivity index (χ0v) is 9.01. The summed E-state index contributed by atoms with van der Waals surface area (Å²) in [6.45, 7) is 4.88. The second kappa shape index (κ2) is 3.35. The summed E-state index contributed by atoms with van der Waals surface area (Å²) in [5.41, 5.74) is 9.78. The predicted molar refractivity (Wildman–Crippen MR) is 58.3 cm³/mol. The highest BCUT2D eigenvalue weighted by atomic mass is 14.7. The molecule has 0 aliphatic heterocycles. The number of nitrogens with zero attached hydrogens (tertiary/aromatic N) is 1. The van der Waals surface area contributed by atoms with Crippen LogP contribution < -0.4 is 5.73 Å². The Morgan fingerprint density at radius 1 is 1.29 bits per heavy atom. The van der Waals surface area contributed by atoms with Gasteiger partial charge in [0.2, 0.25) is 0 Å². The fraction of sp³-hybridized carbons (Fsp3) is 0.583. The van der Waals surface area contributed by atoms with E-state index in [1.165, 1.54) is 24.8 Å². The lowest BCUT2D eigenvalue weighted by Crippen LogP contribution is -2.41. The lowest BCUT2D eigenvalue weighted by molar-refractivity contribution is 0.252. The molecule has 0 spiro atoms. The van der Waals surface area contributed by atoms with E-state index in [0.717, 1.165) is 17.9 Å². The average molecular weight is 190 g/mol. The number of hydrogen-bond donors (Lipinski definition) is 1. The summed E-state index contributed by atoms with van der Waals surface area (Å²) in [6.07, 6.45) is 3.80. The van der Waals surface area contributed by atoms with Crippen LogP contribution in [0.25, 0.3) is 0 Å². The Labute approximate surface area is 85.5 Å². The number of aromatic nitrogens is 1. The van der Waals surface area contributed by atoms with E-state index < -0.39 is 0 Å². The number of aryl methyl sites for hydroxylation is 2. The van der Waals surface area contributed by atoms with E-state index in [9.17, 15) is 0 Å². The van der Waals surface area contributed by atoms with Crippen molar-refractivity contribution >= 4 is 0 Å². The third-order valence-electron chi connectivity index (χ3n) is 3.40. The van der Waals surface area contributed by atoms with Crippen molar-refractivity contribution < 1.29 is 0 Å². The van der Waals surface area contributed by atoms with Crippen LogP contribution in [-0.2, 0) is 5.41 Å². The first-order valence-corrected chi connectivity index (χ1v) is 5.32. The van der Waals surface area contributed by atoms with Gasteiger partial charge in [0.15, 0.2) is 0 Å². The Hall–Kier alpha value is -0.890. The van der Waals surface area contributed by atoms with Gasteiger partial charge in [0.05, 0.1) is 0 Å². The molecule has 1 aromatic heterocycles. The number of rotatable bonds is 2. The minimum absolute atomic E-state index is 0.276. The van der Waals surface area contributed by atoms with E-state index in [0.29, 0.717) is 0 Å². The molecule has 1 fully saturated rings. The van der Waals surface area contributed by atoms with Crippen LogP contribution in [0.4, 0.5) is 0 Å². The molecule has 2 rings (SSSR count). The first-order chi connectivity index (χ1) is 6.66. The van der Waals surface area contributed by atoms with Crippen LogP contribution in [0.15, 0.2) is 12.1 Å². The van der Waals surface area contributed by atoms with Crippen molar-refractivity contribution in [2.75, 3.05) is 6.54 Å². The molecule has 1 aromatic rings. The number of pyridine rings is 1. The molecule has 14 heavy (non-hydrogen) atoms. The van der Waals surface area contributed by atoms with E-state index in [1.54, 1.807) is 0 Å². The summed E-state index contributed by atoms with van der Waals surface area (Å²) in [6, 6.07) is 4.39. The Kier molecular flexibility index (Phi) is 2.31. The summed E-state index contributed by atoms with van der Waals surface area (Å²) in [5, 5.41) is 0. The fourth-order valence-corrected chi connectivity index (χ4v) is 2.35. The van der Waals surface area contributed by atoms with Gasteiger partial charge < -0.3 is 5.73 Å². The number of nitrogens with two attached hydrogens (primary N) is 1. The van der Waals surface area contributed by atoms with Crippen LogP contribution in [0.2, 0.25) is 0 Å². The Balaban J connectivity index is 2.39. The largest absolute Gasteiger partial charge is 0.330 e. The van der Waals surface area contributed by atoms with E-state index in [-0.39, 0.29) is 5.41 Å². The third-order valence-corrected chi connectivity index (χ3v) is 3.40. The predicted octanol–water partition coefficient (Wildman–Crippen LogP) is 2.08. The molecule has 0 atom stereocenters. The van der Waals surface area contributed by atoms with Crippen LogP contribution in [0.5, 0.6) is 0 Å². The molecule has 0 aromatic carbocycles. The standard InChI is InChI=1S/C12H18N2/c1-9-6-11(7-10(2)14-9)12(8-13)4-3-5-12/h6-7H,3-5,8,13H2,1-2H3. The minimum Gasteiger partial charge on any atom is -0.330 e. The van der Waals surface area contributed by atoms with Crippen LogP contribution in [0.3, 0.4) is 0 Å². The quantitative estimate of drug-likeness (QED) is 0.775. The average Bonchev–Trinajstić information content (AvgIpc) is 2.01. The van der Waals surface area contributed by atoms with Crippen LogP contribution in [0, 0.1) is 13.8 Å². The first kappa shape index (κ1) is 9.66. The molecule has 0 radical (unpaired) electrons. The Morgan fingerprint density at radius 3 is 2.21 bits per heavy atom. The molecule has 0 amide bonds. The minimum atomic E-state index is 0.276. The van der Waals surface area contributed by atoms with Gasteiger partial charge >= 0.3 is 0 Å². The highest BCUT2D eigenvalue weighted by Crippen LogP contribution is 2.42. The summed E-state index contributed by atoms with van der Waals surface area (Å²) in [4.78, 5) is 4.40. The maximum Gasteiger partial charge on any atom is 0.0378 e. The molecular weight excluding hydrogens is 172 g/mol. The maximum atomic E-state index is 5.88. The highest BCUT2D eigenvalue weighted by Gasteiger charge is 2.37. The van der Waals surface area contributed by atoms with Gasteiger partial charge in [-0.25, -0.2) is 0 Å². The van der Waals surface area contributed by atoms with E-state index in [2.05, 4.69) is 31.0 Å². The van der Waals surface area contributed by atoms with E-state index in [1.807, 2.05) is 0 Å². The van der Waals surface area contributed by atoms with Gasteiger partial charge in [-0.1, -0.05) is 6.42 Å². The molecule has 0 saturated heterocycles. The smallest absolute Gasteiger partial charge is 0.0378 e. The molecule has 2 nitrogen and oxygen atoms in total. The van der Waals surface area contributed by atoms with Crippen LogP contribution in [0.1, 0.15) is 36.2 Å². The second-order valence-corrected chi connectivity index (χ2v) is 4.48.